The Morgan fingerprint density at radius 2 is 1.95 bits per heavy atom. The number of aliphatic carboxylic acids is 1. The van der Waals surface area contributed by atoms with Crippen molar-refractivity contribution in [3.05, 3.63) is 23.9 Å². The van der Waals surface area contributed by atoms with E-state index in [4.69, 9.17) is 5.11 Å². The third kappa shape index (κ3) is 5.23. The fourth-order valence-electron chi connectivity index (χ4n) is 1.07. The Morgan fingerprint density at radius 3 is 2.42 bits per heavy atom. The number of anilines is 1. The lowest BCUT2D eigenvalue weighted by Gasteiger charge is -2.08. The van der Waals surface area contributed by atoms with E-state index in [1.807, 2.05) is 0 Å². The number of hydrogen-bond acceptors (Lipinski definition) is 4. The molecule has 0 bridgehead atoms. The number of rotatable bonds is 5. The van der Waals surface area contributed by atoms with Crippen molar-refractivity contribution in [1.29, 1.82) is 0 Å². The van der Waals surface area contributed by atoms with E-state index >= 15 is 0 Å². The number of carboxylic acid groups (broad SMARTS) is 1. The van der Waals surface area contributed by atoms with Crippen LogP contribution in [0.2, 0.25) is 0 Å². The van der Waals surface area contributed by atoms with Crippen molar-refractivity contribution in [3.63, 3.8) is 0 Å². The van der Waals surface area contributed by atoms with Crippen molar-refractivity contribution < 1.29 is 27.9 Å². The molecule has 104 valence electrons. The minimum absolute atomic E-state index is 0.0819. The molecule has 19 heavy (non-hydrogen) atoms. The lowest BCUT2D eigenvalue weighted by atomic mass is 10.3. The summed E-state index contributed by atoms with van der Waals surface area (Å²) in [5.74, 6) is -1.72. The van der Waals surface area contributed by atoms with Crippen molar-refractivity contribution >= 4 is 17.7 Å². The summed E-state index contributed by atoms with van der Waals surface area (Å²) in [6, 6.07) is 1.90. The Hall–Kier alpha value is -2.32. The Balaban J connectivity index is 2.46. The van der Waals surface area contributed by atoms with Gasteiger partial charge in [-0.2, -0.15) is 13.2 Å². The van der Waals surface area contributed by atoms with E-state index in [0.717, 1.165) is 12.1 Å². The van der Waals surface area contributed by atoms with Crippen LogP contribution >= 0.6 is 0 Å². The highest BCUT2D eigenvalue weighted by Crippen LogP contribution is 2.28. The number of carbonyl (C=O) groups is 2. The van der Waals surface area contributed by atoms with Crippen molar-refractivity contribution in [2.24, 2.45) is 0 Å². The highest BCUT2D eigenvalue weighted by Gasteiger charge is 2.30. The number of aromatic nitrogens is 1. The topological polar surface area (TPSA) is 91.3 Å². The van der Waals surface area contributed by atoms with Gasteiger partial charge in [-0.05, 0) is 12.1 Å². The summed E-state index contributed by atoms with van der Waals surface area (Å²) in [6.45, 7) is -0.813. The second kappa shape index (κ2) is 6.03. The standard InChI is InChI=1S/C10H10F3N3O3/c11-10(12,13)6-1-2-7(14-3-6)15-4-8(17)16-5-9(18)19/h1-3H,4-5H2,(H,14,15)(H,16,17)(H,18,19). The molecule has 0 aliphatic carbocycles. The van der Waals surface area contributed by atoms with E-state index in [0.29, 0.717) is 6.20 Å². The Bertz CT molecular complexity index is 459. The first-order valence-electron chi connectivity index (χ1n) is 5.04. The first-order valence-corrected chi connectivity index (χ1v) is 5.04. The summed E-state index contributed by atoms with van der Waals surface area (Å²) in [4.78, 5) is 24.7. The van der Waals surface area contributed by atoms with Crippen LogP contribution in [0.4, 0.5) is 19.0 Å². The fraction of sp³-hybridized carbons (Fsp3) is 0.300. The number of carboxylic acids is 1. The monoisotopic (exact) mass is 277 g/mol. The molecule has 1 heterocycles. The van der Waals surface area contributed by atoms with Gasteiger partial charge in [-0.3, -0.25) is 9.59 Å². The number of nitrogens with zero attached hydrogens (tertiary/aromatic N) is 1. The van der Waals surface area contributed by atoms with Gasteiger partial charge in [0, 0.05) is 6.20 Å². The Morgan fingerprint density at radius 1 is 1.26 bits per heavy atom. The van der Waals surface area contributed by atoms with Crippen molar-refractivity contribution in [3.8, 4) is 0 Å². The minimum atomic E-state index is -4.47. The number of carbonyl (C=O) groups excluding carboxylic acids is 1. The molecule has 1 amide bonds. The summed E-state index contributed by atoms with van der Waals surface area (Å²) in [5, 5.41) is 12.8. The predicted molar refractivity (Wildman–Crippen MR) is 58.4 cm³/mol. The van der Waals surface area contributed by atoms with Crippen LogP contribution in [-0.4, -0.2) is 35.1 Å². The zero-order valence-electron chi connectivity index (χ0n) is 9.49. The van der Waals surface area contributed by atoms with Crippen LogP contribution < -0.4 is 10.6 Å². The van der Waals surface area contributed by atoms with Gasteiger partial charge in [0.05, 0.1) is 12.1 Å². The minimum Gasteiger partial charge on any atom is -0.480 e. The number of pyridine rings is 1. The predicted octanol–water partition coefficient (Wildman–Crippen LogP) is 0.713. The maximum absolute atomic E-state index is 12.2. The van der Waals surface area contributed by atoms with Gasteiger partial charge in [0.15, 0.2) is 0 Å². The largest absolute Gasteiger partial charge is 0.480 e. The van der Waals surface area contributed by atoms with Gasteiger partial charge in [-0.25, -0.2) is 4.98 Å². The van der Waals surface area contributed by atoms with Crippen LogP contribution in [0.5, 0.6) is 0 Å². The van der Waals surface area contributed by atoms with Crippen LogP contribution in [0.1, 0.15) is 5.56 Å². The molecule has 0 saturated heterocycles. The van der Waals surface area contributed by atoms with E-state index in [2.05, 4.69) is 15.6 Å². The first-order chi connectivity index (χ1) is 8.79. The molecular weight excluding hydrogens is 267 g/mol. The zero-order valence-corrected chi connectivity index (χ0v) is 9.49. The normalized spacial score (nSPS) is 10.9. The first kappa shape index (κ1) is 14.7. The maximum Gasteiger partial charge on any atom is 0.417 e. The molecule has 0 aliphatic heterocycles. The number of nitrogens with one attached hydrogen (secondary N) is 2. The molecular formula is C10H10F3N3O3. The summed E-state index contributed by atoms with van der Waals surface area (Å²) in [7, 11) is 0. The van der Waals surface area contributed by atoms with E-state index in [1.165, 1.54) is 0 Å². The average Bonchev–Trinajstić information content (AvgIpc) is 2.33. The average molecular weight is 277 g/mol. The van der Waals surface area contributed by atoms with Gasteiger partial charge < -0.3 is 15.7 Å². The maximum atomic E-state index is 12.2. The lowest BCUT2D eigenvalue weighted by molar-refractivity contribution is -0.138. The van der Waals surface area contributed by atoms with Gasteiger partial charge in [-0.15, -0.1) is 0 Å². The molecule has 1 aromatic heterocycles. The molecule has 1 aromatic rings. The molecule has 1 rings (SSSR count). The highest BCUT2D eigenvalue weighted by atomic mass is 19.4. The van der Waals surface area contributed by atoms with Gasteiger partial charge in [0.2, 0.25) is 5.91 Å². The van der Waals surface area contributed by atoms with Crippen LogP contribution in [0.25, 0.3) is 0 Å². The summed E-state index contributed by atoms with van der Waals surface area (Å²) in [6.07, 6.45) is -3.83. The van der Waals surface area contributed by atoms with Crippen LogP contribution in [0.15, 0.2) is 18.3 Å². The van der Waals surface area contributed by atoms with Crippen LogP contribution in [-0.2, 0) is 15.8 Å². The molecule has 3 N–H and O–H groups in total. The number of alkyl halides is 3. The van der Waals surface area contributed by atoms with Gasteiger partial charge in [-0.1, -0.05) is 0 Å². The number of halogens is 3. The van der Waals surface area contributed by atoms with Gasteiger partial charge >= 0.3 is 12.1 Å². The SMILES string of the molecule is O=C(O)CNC(=O)CNc1ccc(C(F)(F)F)cn1. The summed E-state index contributed by atoms with van der Waals surface area (Å²) < 4.78 is 36.7. The third-order valence-corrected chi connectivity index (χ3v) is 1.96. The van der Waals surface area contributed by atoms with Gasteiger partial charge in [0.1, 0.15) is 12.4 Å². The smallest absolute Gasteiger partial charge is 0.417 e. The zero-order chi connectivity index (χ0) is 14.5. The van der Waals surface area contributed by atoms with E-state index in [-0.39, 0.29) is 12.4 Å². The lowest BCUT2D eigenvalue weighted by Crippen LogP contribution is -2.33. The number of amides is 1. The summed E-state index contributed by atoms with van der Waals surface area (Å²) >= 11 is 0. The third-order valence-electron chi connectivity index (χ3n) is 1.96. The van der Waals surface area contributed by atoms with Crippen molar-refractivity contribution in [2.75, 3.05) is 18.4 Å². The molecule has 0 aromatic carbocycles. The molecule has 6 nitrogen and oxygen atoms in total. The van der Waals surface area contributed by atoms with Gasteiger partial charge in [0.25, 0.3) is 0 Å². The number of hydrogen-bond donors (Lipinski definition) is 3. The second-order valence-corrected chi connectivity index (χ2v) is 3.45. The van der Waals surface area contributed by atoms with E-state index in [1.54, 1.807) is 0 Å². The van der Waals surface area contributed by atoms with E-state index in [9.17, 15) is 22.8 Å². The van der Waals surface area contributed by atoms with Crippen molar-refractivity contribution in [1.82, 2.24) is 10.3 Å². The quantitative estimate of drug-likeness (QED) is 0.737. The van der Waals surface area contributed by atoms with E-state index < -0.39 is 30.2 Å². The molecule has 9 heteroatoms. The molecule has 0 atom stereocenters. The molecule has 0 unspecified atom stereocenters. The molecule has 0 aliphatic rings. The molecule has 0 spiro atoms. The Labute approximate surface area is 105 Å². The molecule has 0 radical (unpaired) electrons. The van der Waals surface area contributed by atoms with Crippen LogP contribution in [0.3, 0.4) is 0 Å². The Kier molecular flexibility index (Phi) is 4.67. The molecule has 0 fully saturated rings. The van der Waals surface area contributed by atoms with Crippen molar-refractivity contribution in [2.45, 2.75) is 6.18 Å². The fourth-order valence-corrected chi connectivity index (χ4v) is 1.07. The summed E-state index contributed by atoms with van der Waals surface area (Å²) in [5.41, 5.74) is -0.895. The second-order valence-electron chi connectivity index (χ2n) is 3.45. The highest BCUT2D eigenvalue weighted by molar-refractivity contribution is 5.84. The molecule has 0 saturated carbocycles. The van der Waals surface area contributed by atoms with Crippen LogP contribution in [0, 0.1) is 0 Å².